The molecule has 0 radical (unpaired) electrons. The number of carbonyl (C=O) groups excluding carboxylic acids is 2. The summed E-state index contributed by atoms with van der Waals surface area (Å²) in [5, 5.41) is 6.88. The Kier molecular flexibility index (Phi) is 8.82. The molecule has 260 valence electrons. The molecule has 50 heavy (non-hydrogen) atoms. The largest absolute Gasteiger partial charge is 0.416 e. The second-order valence-electron chi connectivity index (χ2n) is 11.8. The number of nitrogens with zero attached hydrogens (tertiary/aromatic N) is 8. The van der Waals surface area contributed by atoms with Crippen LogP contribution in [0.15, 0.2) is 59.8 Å². The first-order valence-corrected chi connectivity index (χ1v) is 16.3. The van der Waals surface area contributed by atoms with Crippen molar-refractivity contribution < 1.29 is 27.5 Å². The van der Waals surface area contributed by atoms with Crippen molar-refractivity contribution >= 4 is 51.8 Å². The molecule has 13 nitrogen and oxygen atoms in total. The zero-order chi connectivity index (χ0) is 35.2. The lowest BCUT2D eigenvalue weighted by atomic mass is 10.1. The van der Waals surface area contributed by atoms with Gasteiger partial charge in [-0.3, -0.25) is 14.4 Å². The van der Waals surface area contributed by atoms with E-state index in [1.54, 1.807) is 38.4 Å². The van der Waals surface area contributed by atoms with E-state index in [0.29, 0.717) is 80.7 Å². The molecule has 0 aliphatic carbocycles. The quantitative estimate of drug-likeness (QED) is 0.267. The molecule has 2 aliphatic rings. The third-order valence-electron chi connectivity index (χ3n) is 8.82. The molecular weight excluding hydrogens is 679 g/mol. The fourth-order valence-electron chi connectivity index (χ4n) is 6.34. The minimum atomic E-state index is -4.60. The van der Waals surface area contributed by atoms with Crippen LogP contribution < -0.4 is 15.8 Å². The lowest BCUT2D eigenvalue weighted by Crippen LogP contribution is -2.51. The van der Waals surface area contributed by atoms with Crippen LogP contribution in [0.25, 0.3) is 17.0 Å². The van der Waals surface area contributed by atoms with Gasteiger partial charge in [-0.05, 0) is 48.7 Å². The van der Waals surface area contributed by atoms with E-state index in [4.69, 9.17) is 16.3 Å². The third kappa shape index (κ3) is 6.20. The summed E-state index contributed by atoms with van der Waals surface area (Å²) in [5.74, 6) is -0.313. The van der Waals surface area contributed by atoms with Gasteiger partial charge in [-0.15, -0.1) is 5.10 Å². The number of pyridine rings is 1. The topological polar surface area (TPSA) is 131 Å². The number of hydrogen-bond acceptors (Lipinski definition) is 8. The Morgan fingerprint density at radius 1 is 1.10 bits per heavy atom. The Bertz CT molecular complexity index is 2220. The number of nitrogens with one attached hydrogen (secondary N) is 1. The van der Waals surface area contributed by atoms with Crippen molar-refractivity contribution in [1.82, 2.24) is 33.4 Å². The van der Waals surface area contributed by atoms with Gasteiger partial charge in [0.25, 0.3) is 11.5 Å². The molecule has 17 heteroatoms. The van der Waals surface area contributed by atoms with E-state index < -0.39 is 23.2 Å². The number of ether oxygens (including phenoxy) is 1. The number of halogens is 4. The monoisotopic (exact) mass is 709 g/mol. The summed E-state index contributed by atoms with van der Waals surface area (Å²) in [6, 6.07) is 6.19. The number of rotatable bonds is 7. The fourth-order valence-corrected chi connectivity index (χ4v) is 6.57. The maximum absolute atomic E-state index is 14.2. The minimum Gasteiger partial charge on any atom is -0.377 e. The van der Waals surface area contributed by atoms with Gasteiger partial charge in [0.15, 0.2) is 5.82 Å². The summed E-state index contributed by atoms with van der Waals surface area (Å²) in [7, 11) is 0. The van der Waals surface area contributed by atoms with Crippen molar-refractivity contribution in [3.05, 3.63) is 93.0 Å². The van der Waals surface area contributed by atoms with Crippen LogP contribution in [0.1, 0.15) is 40.8 Å². The average molecular weight is 710 g/mol. The molecule has 0 atom stereocenters. The molecule has 0 spiro atoms. The van der Waals surface area contributed by atoms with Crippen LogP contribution in [0.5, 0.6) is 0 Å². The summed E-state index contributed by atoms with van der Waals surface area (Å²) in [5.41, 5.74) is 1.29. The number of imidazole rings is 1. The maximum atomic E-state index is 14.2. The smallest absolute Gasteiger partial charge is 0.377 e. The number of anilines is 2. The number of fused-ring (bicyclic) bond motifs is 2. The second kappa shape index (κ2) is 13.2. The van der Waals surface area contributed by atoms with Crippen molar-refractivity contribution in [2.75, 3.05) is 49.6 Å². The lowest BCUT2D eigenvalue weighted by molar-refractivity contribution is -0.137. The molecule has 1 saturated heterocycles. The minimum absolute atomic E-state index is 0.00125. The molecular formula is C33H31ClF3N9O4. The van der Waals surface area contributed by atoms with Gasteiger partial charge in [-0.1, -0.05) is 24.6 Å². The first-order valence-electron chi connectivity index (χ1n) is 16.0. The van der Waals surface area contributed by atoms with Crippen molar-refractivity contribution in [1.29, 1.82) is 0 Å². The molecule has 4 aromatic heterocycles. The van der Waals surface area contributed by atoms with Gasteiger partial charge in [-0.25, -0.2) is 4.98 Å². The normalized spacial score (nSPS) is 15.5. The molecule has 0 saturated carbocycles. The Labute approximate surface area is 287 Å². The van der Waals surface area contributed by atoms with Gasteiger partial charge < -0.3 is 28.8 Å². The van der Waals surface area contributed by atoms with Crippen LogP contribution in [0, 0.1) is 0 Å². The SMILES string of the molecule is CCc1c(N2CCN(C(=O)c3cccn4ccnc34)CC2)c(=O)n2nc(C3=CCOCC3)nc2n1CC(=O)Nc1ccc(C(F)(F)F)cc1Cl. The van der Waals surface area contributed by atoms with Crippen molar-refractivity contribution in [3.63, 3.8) is 0 Å². The highest BCUT2D eigenvalue weighted by atomic mass is 35.5. The summed E-state index contributed by atoms with van der Waals surface area (Å²) in [6.07, 6.45) is 3.32. The molecule has 0 bridgehead atoms. The van der Waals surface area contributed by atoms with Crippen LogP contribution in [-0.4, -0.2) is 84.7 Å². The summed E-state index contributed by atoms with van der Waals surface area (Å²) >= 11 is 6.12. The molecule has 2 aliphatic heterocycles. The fraction of sp³-hybridized carbons (Fsp3) is 0.333. The molecule has 0 unspecified atom stereocenters. The number of alkyl halides is 3. The number of aromatic nitrogens is 6. The van der Waals surface area contributed by atoms with E-state index in [9.17, 15) is 27.6 Å². The Morgan fingerprint density at radius 2 is 1.90 bits per heavy atom. The molecule has 2 amide bonds. The van der Waals surface area contributed by atoms with E-state index in [-0.39, 0.29) is 28.9 Å². The molecule has 6 heterocycles. The molecule has 1 N–H and O–H groups in total. The molecule has 1 aromatic carbocycles. The lowest BCUT2D eigenvalue weighted by Gasteiger charge is -2.36. The summed E-state index contributed by atoms with van der Waals surface area (Å²) in [4.78, 5) is 53.8. The Morgan fingerprint density at radius 3 is 2.60 bits per heavy atom. The van der Waals surface area contributed by atoms with Gasteiger partial charge in [-0.2, -0.15) is 22.7 Å². The number of benzene rings is 1. The highest BCUT2D eigenvalue weighted by Gasteiger charge is 2.32. The highest BCUT2D eigenvalue weighted by molar-refractivity contribution is 6.33. The van der Waals surface area contributed by atoms with Gasteiger partial charge in [0, 0.05) is 44.8 Å². The third-order valence-corrected chi connectivity index (χ3v) is 9.13. The molecule has 7 rings (SSSR count). The highest BCUT2D eigenvalue weighted by Crippen LogP contribution is 2.34. The molecule has 1 fully saturated rings. The Balaban J connectivity index is 1.22. The number of hydrogen-bond donors (Lipinski definition) is 1. The van der Waals surface area contributed by atoms with E-state index in [1.165, 1.54) is 4.52 Å². The van der Waals surface area contributed by atoms with Gasteiger partial charge in [0.1, 0.15) is 17.9 Å². The molecule has 5 aromatic rings. The number of carbonyl (C=O) groups is 2. The predicted molar refractivity (Wildman–Crippen MR) is 178 cm³/mol. The van der Waals surface area contributed by atoms with Gasteiger partial charge >= 0.3 is 6.18 Å². The van der Waals surface area contributed by atoms with E-state index in [1.807, 2.05) is 24.1 Å². The van der Waals surface area contributed by atoms with E-state index in [0.717, 1.165) is 23.8 Å². The number of amides is 2. The van der Waals surface area contributed by atoms with Crippen LogP contribution >= 0.6 is 11.6 Å². The van der Waals surface area contributed by atoms with Crippen LogP contribution in [0.2, 0.25) is 5.02 Å². The number of piperazine rings is 1. The van der Waals surface area contributed by atoms with Gasteiger partial charge in [0.05, 0.1) is 40.7 Å². The van der Waals surface area contributed by atoms with Crippen molar-refractivity contribution in [2.24, 2.45) is 0 Å². The first kappa shape index (κ1) is 33.3. The van der Waals surface area contributed by atoms with Crippen LogP contribution in [-0.2, 0) is 28.7 Å². The van der Waals surface area contributed by atoms with E-state index >= 15 is 0 Å². The zero-order valence-electron chi connectivity index (χ0n) is 26.8. The first-order chi connectivity index (χ1) is 24.0. The van der Waals surface area contributed by atoms with Crippen LogP contribution in [0.4, 0.5) is 24.5 Å². The summed E-state index contributed by atoms with van der Waals surface area (Å²) < 4.78 is 49.6. The summed E-state index contributed by atoms with van der Waals surface area (Å²) in [6.45, 7) is 3.64. The average Bonchev–Trinajstić information content (AvgIpc) is 3.78. The van der Waals surface area contributed by atoms with Crippen LogP contribution in [0.3, 0.4) is 0 Å². The standard InChI is InChI=1S/C33H31ClF3N9O4/c1-2-25-27(42-12-14-44(15-13-42)30(48)22-4-3-10-43-11-9-38-29(22)43)31(49)46-32(40-28(41-46)20-7-16-50-17-8-20)45(25)19-26(47)39-24-6-5-21(18-23(24)34)33(35,36)37/h3-7,9-11,18H,2,8,12-17,19H2,1H3,(H,39,47). The van der Waals surface area contributed by atoms with Crippen molar-refractivity contribution in [2.45, 2.75) is 32.5 Å². The predicted octanol–water partition coefficient (Wildman–Crippen LogP) is 4.18. The van der Waals surface area contributed by atoms with Crippen molar-refractivity contribution in [3.8, 4) is 0 Å². The van der Waals surface area contributed by atoms with Gasteiger partial charge in [0.2, 0.25) is 11.7 Å². The zero-order valence-corrected chi connectivity index (χ0v) is 27.5. The Hall–Kier alpha value is -5.22. The maximum Gasteiger partial charge on any atom is 0.416 e. The second-order valence-corrected chi connectivity index (χ2v) is 12.2. The van der Waals surface area contributed by atoms with E-state index in [2.05, 4.69) is 20.4 Å².